The molecule has 0 aliphatic carbocycles. The second kappa shape index (κ2) is 5.43. The van der Waals surface area contributed by atoms with E-state index in [0.29, 0.717) is 5.92 Å². The van der Waals surface area contributed by atoms with Crippen LogP contribution < -0.4 is 4.90 Å². The van der Waals surface area contributed by atoms with Crippen LogP contribution in [0.1, 0.15) is 37.9 Å². The predicted molar refractivity (Wildman–Crippen MR) is 86.5 cm³/mol. The van der Waals surface area contributed by atoms with E-state index in [2.05, 4.69) is 49.9 Å². The van der Waals surface area contributed by atoms with Gasteiger partial charge < -0.3 is 4.90 Å². The number of fused-ring (bicyclic) bond motifs is 1. The largest absolute Gasteiger partial charge is 0.371 e. The SMILES string of the molecule is Cc1cc(N2CCCC2)c2ccc(CC(C)C)cc2n1. The van der Waals surface area contributed by atoms with Crippen molar-refractivity contribution in [1.29, 1.82) is 0 Å². The molecule has 0 spiro atoms. The highest BCUT2D eigenvalue weighted by Crippen LogP contribution is 2.30. The fourth-order valence-corrected chi connectivity index (χ4v) is 3.20. The lowest BCUT2D eigenvalue weighted by molar-refractivity contribution is 0.647. The van der Waals surface area contributed by atoms with Crippen LogP contribution in [0.3, 0.4) is 0 Å². The number of rotatable bonds is 3. The van der Waals surface area contributed by atoms with E-state index < -0.39 is 0 Å². The van der Waals surface area contributed by atoms with Crippen LogP contribution in [0.5, 0.6) is 0 Å². The summed E-state index contributed by atoms with van der Waals surface area (Å²) in [5.74, 6) is 0.690. The molecule has 106 valence electrons. The Morgan fingerprint density at radius 1 is 1.15 bits per heavy atom. The van der Waals surface area contributed by atoms with Crippen LogP contribution in [0.25, 0.3) is 10.9 Å². The maximum atomic E-state index is 4.75. The van der Waals surface area contributed by atoms with E-state index in [-0.39, 0.29) is 0 Å². The van der Waals surface area contributed by atoms with Crippen molar-refractivity contribution in [2.24, 2.45) is 5.92 Å². The normalized spacial score (nSPS) is 15.5. The van der Waals surface area contributed by atoms with Crippen LogP contribution in [0.4, 0.5) is 5.69 Å². The number of benzene rings is 1. The van der Waals surface area contributed by atoms with Crippen LogP contribution in [0, 0.1) is 12.8 Å². The minimum Gasteiger partial charge on any atom is -0.371 e. The van der Waals surface area contributed by atoms with Gasteiger partial charge in [0.15, 0.2) is 0 Å². The number of anilines is 1. The fourth-order valence-electron chi connectivity index (χ4n) is 3.20. The van der Waals surface area contributed by atoms with Crippen LogP contribution in [0.15, 0.2) is 24.3 Å². The Labute approximate surface area is 121 Å². The molecular formula is C18H24N2. The number of aromatic nitrogens is 1. The zero-order valence-corrected chi connectivity index (χ0v) is 12.8. The Bertz CT molecular complexity index is 610. The van der Waals surface area contributed by atoms with Gasteiger partial charge in [-0.05, 0) is 49.8 Å². The van der Waals surface area contributed by atoms with Crippen molar-refractivity contribution in [2.75, 3.05) is 18.0 Å². The van der Waals surface area contributed by atoms with E-state index in [0.717, 1.165) is 17.6 Å². The van der Waals surface area contributed by atoms with Gasteiger partial charge in [-0.15, -0.1) is 0 Å². The molecule has 1 saturated heterocycles. The Hall–Kier alpha value is -1.57. The van der Waals surface area contributed by atoms with E-state index in [9.17, 15) is 0 Å². The highest BCUT2D eigenvalue weighted by Gasteiger charge is 2.16. The summed E-state index contributed by atoms with van der Waals surface area (Å²) >= 11 is 0. The van der Waals surface area contributed by atoms with Crippen molar-refractivity contribution < 1.29 is 0 Å². The number of aryl methyl sites for hydroxylation is 1. The molecule has 0 bridgehead atoms. The molecule has 2 heterocycles. The molecule has 1 aromatic carbocycles. The lowest BCUT2D eigenvalue weighted by Gasteiger charge is -2.20. The number of pyridine rings is 1. The maximum Gasteiger partial charge on any atom is 0.0728 e. The summed E-state index contributed by atoms with van der Waals surface area (Å²) < 4.78 is 0. The summed E-state index contributed by atoms with van der Waals surface area (Å²) in [4.78, 5) is 7.26. The Balaban J connectivity index is 2.07. The van der Waals surface area contributed by atoms with Gasteiger partial charge in [0.1, 0.15) is 0 Å². The van der Waals surface area contributed by atoms with E-state index >= 15 is 0 Å². The van der Waals surface area contributed by atoms with Crippen LogP contribution in [-0.2, 0) is 6.42 Å². The molecule has 0 N–H and O–H groups in total. The molecule has 1 aliphatic rings. The van der Waals surface area contributed by atoms with Gasteiger partial charge in [-0.2, -0.15) is 0 Å². The van der Waals surface area contributed by atoms with E-state index in [1.165, 1.54) is 42.6 Å². The second-order valence-corrected chi connectivity index (χ2v) is 6.43. The first-order valence-electron chi connectivity index (χ1n) is 7.79. The van der Waals surface area contributed by atoms with E-state index in [1.807, 2.05) is 0 Å². The quantitative estimate of drug-likeness (QED) is 0.823. The Morgan fingerprint density at radius 3 is 2.60 bits per heavy atom. The zero-order chi connectivity index (χ0) is 14.1. The summed E-state index contributed by atoms with van der Waals surface area (Å²) in [6.07, 6.45) is 3.76. The van der Waals surface area contributed by atoms with E-state index in [4.69, 9.17) is 4.98 Å². The van der Waals surface area contributed by atoms with Crippen molar-refractivity contribution in [3.8, 4) is 0 Å². The van der Waals surface area contributed by atoms with E-state index in [1.54, 1.807) is 0 Å². The first-order valence-corrected chi connectivity index (χ1v) is 7.79. The van der Waals surface area contributed by atoms with Crippen molar-refractivity contribution in [3.05, 3.63) is 35.5 Å². The first kappa shape index (κ1) is 13.4. The van der Waals surface area contributed by atoms with Gasteiger partial charge in [0.25, 0.3) is 0 Å². The molecule has 1 aromatic heterocycles. The summed E-state index contributed by atoms with van der Waals surface area (Å²) in [6, 6.07) is 9.07. The lowest BCUT2D eigenvalue weighted by atomic mass is 10.0. The highest BCUT2D eigenvalue weighted by atomic mass is 15.1. The minimum absolute atomic E-state index is 0.690. The average molecular weight is 268 g/mol. The first-order chi connectivity index (χ1) is 9.63. The van der Waals surface area contributed by atoms with Crippen LogP contribution in [-0.4, -0.2) is 18.1 Å². The summed E-state index contributed by atoms with van der Waals surface area (Å²) in [7, 11) is 0. The molecule has 0 unspecified atom stereocenters. The third-order valence-corrected chi connectivity index (χ3v) is 4.07. The van der Waals surface area contributed by atoms with Crippen molar-refractivity contribution >= 4 is 16.6 Å². The third-order valence-electron chi connectivity index (χ3n) is 4.07. The second-order valence-electron chi connectivity index (χ2n) is 6.43. The molecule has 2 nitrogen and oxygen atoms in total. The van der Waals surface area contributed by atoms with Gasteiger partial charge in [-0.3, -0.25) is 4.98 Å². The fraction of sp³-hybridized carbons (Fsp3) is 0.500. The molecule has 0 amide bonds. The molecule has 2 aromatic rings. The van der Waals surface area contributed by atoms with Crippen molar-refractivity contribution in [1.82, 2.24) is 4.98 Å². The number of nitrogens with zero attached hydrogens (tertiary/aromatic N) is 2. The van der Waals surface area contributed by atoms with Crippen LogP contribution in [0.2, 0.25) is 0 Å². The van der Waals surface area contributed by atoms with Gasteiger partial charge in [0.05, 0.1) is 5.52 Å². The molecule has 0 saturated carbocycles. The Morgan fingerprint density at radius 2 is 1.90 bits per heavy atom. The van der Waals surface area contributed by atoms with Gasteiger partial charge >= 0.3 is 0 Å². The third kappa shape index (κ3) is 2.65. The smallest absolute Gasteiger partial charge is 0.0728 e. The standard InChI is InChI=1S/C18H24N2/c1-13(2)10-15-6-7-16-17(12-15)19-14(3)11-18(16)20-8-4-5-9-20/h6-7,11-13H,4-5,8-10H2,1-3H3. The molecule has 2 heteroatoms. The molecule has 0 atom stereocenters. The Kier molecular flexibility index (Phi) is 3.64. The highest BCUT2D eigenvalue weighted by molar-refractivity contribution is 5.92. The molecule has 0 radical (unpaired) electrons. The zero-order valence-electron chi connectivity index (χ0n) is 12.8. The van der Waals surface area contributed by atoms with Crippen molar-refractivity contribution in [2.45, 2.75) is 40.0 Å². The topological polar surface area (TPSA) is 16.1 Å². The minimum atomic E-state index is 0.690. The predicted octanol–water partition coefficient (Wildman–Crippen LogP) is 4.34. The van der Waals surface area contributed by atoms with Gasteiger partial charge in [-0.1, -0.05) is 26.0 Å². The maximum absolute atomic E-state index is 4.75. The number of hydrogen-bond donors (Lipinski definition) is 0. The molecular weight excluding hydrogens is 244 g/mol. The molecule has 1 aliphatic heterocycles. The lowest BCUT2D eigenvalue weighted by Crippen LogP contribution is -2.18. The molecule has 1 fully saturated rings. The van der Waals surface area contributed by atoms with Gasteiger partial charge in [0.2, 0.25) is 0 Å². The number of hydrogen-bond acceptors (Lipinski definition) is 2. The van der Waals surface area contributed by atoms with Gasteiger partial charge in [-0.25, -0.2) is 0 Å². The average Bonchev–Trinajstić information content (AvgIpc) is 2.90. The molecule has 20 heavy (non-hydrogen) atoms. The van der Waals surface area contributed by atoms with Crippen molar-refractivity contribution in [3.63, 3.8) is 0 Å². The van der Waals surface area contributed by atoms with Gasteiger partial charge in [0, 0.05) is 29.9 Å². The summed E-state index contributed by atoms with van der Waals surface area (Å²) in [5, 5.41) is 1.31. The summed E-state index contributed by atoms with van der Waals surface area (Å²) in [5.41, 5.74) is 5.06. The molecule has 3 rings (SSSR count). The monoisotopic (exact) mass is 268 g/mol. The van der Waals surface area contributed by atoms with Crippen LogP contribution >= 0.6 is 0 Å². The summed E-state index contributed by atoms with van der Waals surface area (Å²) in [6.45, 7) is 9.01.